The standard InChI is InChI=1S/C14H24N2OS/c1-5-12(11-13(6-2)18-4)14(17)16-9-7-15(3)8-10-16/h6,11-12H,2,5,7-10H2,1,3-4H3/b13-11+. The van der Waals surface area contributed by atoms with E-state index >= 15 is 0 Å². The number of carbonyl (C=O) groups excluding carboxylic acids is 1. The van der Waals surface area contributed by atoms with Gasteiger partial charge in [0.05, 0.1) is 5.92 Å². The Hall–Kier alpha value is -0.740. The maximum atomic E-state index is 12.4. The van der Waals surface area contributed by atoms with Crippen molar-refractivity contribution in [1.82, 2.24) is 9.80 Å². The van der Waals surface area contributed by atoms with E-state index in [2.05, 4.69) is 31.5 Å². The number of carbonyl (C=O) groups is 1. The molecule has 1 atom stereocenters. The fraction of sp³-hybridized carbons (Fsp3) is 0.643. The molecule has 0 N–H and O–H groups in total. The van der Waals surface area contributed by atoms with Crippen molar-refractivity contribution in [2.45, 2.75) is 13.3 Å². The highest BCUT2D eigenvalue weighted by atomic mass is 32.2. The van der Waals surface area contributed by atoms with Gasteiger partial charge < -0.3 is 9.80 Å². The average Bonchev–Trinajstić information content (AvgIpc) is 2.40. The predicted molar refractivity (Wildman–Crippen MR) is 79.7 cm³/mol. The van der Waals surface area contributed by atoms with Crippen molar-refractivity contribution >= 4 is 17.7 Å². The number of allylic oxidation sites excluding steroid dienone is 1. The van der Waals surface area contributed by atoms with E-state index in [1.165, 1.54) is 0 Å². The van der Waals surface area contributed by atoms with Crippen LogP contribution in [0.25, 0.3) is 0 Å². The first kappa shape index (κ1) is 15.3. The first-order chi connectivity index (χ1) is 8.62. The Kier molecular flexibility index (Phi) is 6.50. The lowest BCUT2D eigenvalue weighted by atomic mass is 10.0. The van der Waals surface area contributed by atoms with E-state index in [0.29, 0.717) is 0 Å². The molecule has 0 radical (unpaired) electrons. The fourth-order valence-corrected chi connectivity index (χ4v) is 2.51. The molecule has 18 heavy (non-hydrogen) atoms. The fourth-order valence-electron chi connectivity index (χ4n) is 2.04. The third kappa shape index (κ3) is 4.18. The van der Waals surface area contributed by atoms with E-state index in [0.717, 1.165) is 37.5 Å². The number of amides is 1. The van der Waals surface area contributed by atoms with Crippen LogP contribution in [0.1, 0.15) is 13.3 Å². The van der Waals surface area contributed by atoms with Crippen LogP contribution < -0.4 is 0 Å². The second-order valence-corrected chi connectivity index (χ2v) is 5.50. The van der Waals surface area contributed by atoms with Crippen LogP contribution in [0, 0.1) is 5.92 Å². The van der Waals surface area contributed by atoms with Gasteiger partial charge in [0.2, 0.25) is 5.91 Å². The third-order valence-electron chi connectivity index (χ3n) is 3.37. The van der Waals surface area contributed by atoms with E-state index in [9.17, 15) is 4.79 Å². The van der Waals surface area contributed by atoms with Gasteiger partial charge in [0.25, 0.3) is 0 Å². The zero-order valence-corrected chi connectivity index (χ0v) is 12.5. The molecule has 1 aliphatic rings. The first-order valence-corrected chi connectivity index (χ1v) is 7.70. The van der Waals surface area contributed by atoms with Crippen molar-refractivity contribution in [1.29, 1.82) is 0 Å². The summed E-state index contributed by atoms with van der Waals surface area (Å²) >= 11 is 1.64. The Morgan fingerprint density at radius 1 is 1.39 bits per heavy atom. The summed E-state index contributed by atoms with van der Waals surface area (Å²) in [5.41, 5.74) is 0. The molecule has 0 saturated carbocycles. The van der Waals surface area contributed by atoms with Crippen molar-refractivity contribution < 1.29 is 4.79 Å². The zero-order valence-electron chi connectivity index (χ0n) is 11.7. The van der Waals surface area contributed by atoms with Gasteiger partial charge in [-0.15, -0.1) is 11.8 Å². The number of rotatable bonds is 5. The van der Waals surface area contributed by atoms with Crippen molar-refractivity contribution in [2.24, 2.45) is 5.92 Å². The summed E-state index contributed by atoms with van der Waals surface area (Å²) in [4.78, 5) is 17.8. The molecular weight excluding hydrogens is 244 g/mol. The highest BCUT2D eigenvalue weighted by Crippen LogP contribution is 2.19. The summed E-state index contributed by atoms with van der Waals surface area (Å²) in [7, 11) is 2.10. The smallest absolute Gasteiger partial charge is 0.229 e. The molecule has 0 aromatic rings. The molecule has 1 aliphatic heterocycles. The number of hydrogen-bond acceptors (Lipinski definition) is 3. The van der Waals surface area contributed by atoms with Gasteiger partial charge in [-0.25, -0.2) is 0 Å². The van der Waals surface area contributed by atoms with Crippen LogP contribution in [0.5, 0.6) is 0 Å². The first-order valence-electron chi connectivity index (χ1n) is 6.48. The normalized spacial score (nSPS) is 19.7. The summed E-state index contributed by atoms with van der Waals surface area (Å²) in [5.74, 6) is 0.257. The summed E-state index contributed by atoms with van der Waals surface area (Å²) in [6, 6.07) is 0. The maximum absolute atomic E-state index is 12.4. The van der Waals surface area contributed by atoms with Gasteiger partial charge in [0.1, 0.15) is 0 Å². The van der Waals surface area contributed by atoms with E-state index in [1.54, 1.807) is 11.8 Å². The SMILES string of the molecule is C=C/C(=C\C(CC)C(=O)N1CCN(C)CC1)SC. The molecule has 1 saturated heterocycles. The van der Waals surface area contributed by atoms with Gasteiger partial charge in [0, 0.05) is 31.1 Å². The molecule has 1 unspecified atom stereocenters. The van der Waals surface area contributed by atoms with Crippen molar-refractivity contribution in [3.8, 4) is 0 Å². The highest BCUT2D eigenvalue weighted by molar-refractivity contribution is 8.02. The Morgan fingerprint density at radius 3 is 2.44 bits per heavy atom. The molecule has 102 valence electrons. The topological polar surface area (TPSA) is 23.6 Å². The van der Waals surface area contributed by atoms with Crippen LogP contribution in [0.4, 0.5) is 0 Å². The summed E-state index contributed by atoms with van der Waals surface area (Å²) in [6.07, 6.45) is 6.74. The zero-order chi connectivity index (χ0) is 13.5. The summed E-state index contributed by atoms with van der Waals surface area (Å²) in [5, 5.41) is 0. The van der Waals surface area contributed by atoms with Crippen LogP contribution >= 0.6 is 11.8 Å². The number of hydrogen-bond donors (Lipinski definition) is 0. The monoisotopic (exact) mass is 268 g/mol. The van der Waals surface area contributed by atoms with Crippen LogP contribution in [0.2, 0.25) is 0 Å². The van der Waals surface area contributed by atoms with Crippen molar-refractivity contribution in [2.75, 3.05) is 39.5 Å². The number of thioether (sulfide) groups is 1. The number of nitrogens with zero attached hydrogens (tertiary/aromatic N) is 2. The summed E-state index contributed by atoms with van der Waals surface area (Å²) in [6.45, 7) is 9.49. The van der Waals surface area contributed by atoms with Crippen molar-refractivity contribution in [3.63, 3.8) is 0 Å². The van der Waals surface area contributed by atoms with Gasteiger partial charge in [-0.1, -0.05) is 25.7 Å². The molecule has 1 amide bonds. The lowest BCUT2D eigenvalue weighted by molar-refractivity contribution is -0.135. The second-order valence-electron chi connectivity index (χ2n) is 4.62. The van der Waals surface area contributed by atoms with Crippen LogP contribution in [0.15, 0.2) is 23.6 Å². The van der Waals surface area contributed by atoms with Crippen LogP contribution in [-0.4, -0.2) is 55.2 Å². The molecule has 0 aromatic carbocycles. The Bertz CT molecular complexity index is 320. The summed E-state index contributed by atoms with van der Waals surface area (Å²) < 4.78 is 0. The molecule has 0 bridgehead atoms. The minimum Gasteiger partial charge on any atom is -0.340 e. The number of likely N-dealkylation sites (N-methyl/N-ethyl adjacent to an activating group) is 1. The third-order valence-corrected chi connectivity index (χ3v) is 4.15. The number of piperazine rings is 1. The molecule has 1 fully saturated rings. The lowest BCUT2D eigenvalue weighted by Crippen LogP contribution is -2.48. The van der Waals surface area contributed by atoms with Gasteiger partial charge >= 0.3 is 0 Å². The molecule has 3 nitrogen and oxygen atoms in total. The molecule has 4 heteroatoms. The van der Waals surface area contributed by atoms with Crippen LogP contribution in [-0.2, 0) is 4.79 Å². The molecule has 0 spiro atoms. The molecular formula is C14H24N2OS. The predicted octanol–water partition coefficient (Wildman–Crippen LogP) is 2.22. The Morgan fingerprint density at radius 2 is 2.00 bits per heavy atom. The Labute approximate surface area is 115 Å². The maximum Gasteiger partial charge on any atom is 0.229 e. The van der Waals surface area contributed by atoms with Gasteiger partial charge in [0.15, 0.2) is 0 Å². The molecule has 0 aliphatic carbocycles. The highest BCUT2D eigenvalue weighted by Gasteiger charge is 2.24. The van der Waals surface area contributed by atoms with Gasteiger partial charge in [-0.2, -0.15) is 0 Å². The van der Waals surface area contributed by atoms with Gasteiger partial charge in [-0.05, 0) is 19.7 Å². The molecule has 1 heterocycles. The molecule has 0 aromatic heterocycles. The van der Waals surface area contributed by atoms with Crippen LogP contribution in [0.3, 0.4) is 0 Å². The largest absolute Gasteiger partial charge is 0.340 e. The van der Waals surface area contributed by atoms with E-state index in [1.807, 2.05) is 17.2 Å². The average molecular weight is 268 g/mol. The van der Waals surface area contributed by atoms with E-state index in [4.69, 9.17) is 0 Å². The lowest BCUT2D eigenvalue weighted by Gasteiger charge is -2.34. The van der Waals surface area contributed by atoms with E-state index < -0.39 is 0 Å². The quantitative estimate of drug-likeness (QED) is 0.714. The molecule has 1 rings (SSSR count). The minimum absolute atomic E-state index is 0.00569. The van der Waals surface area contributed by atoms with Crippen molar-refractivity contribution in [3.05, 3.63) is 23.6 Å². The van der Waals surface area contributed by atoms with Gasteiger partial charge in [-0.3, -0.25) is 4.79 Å². The Balaban J connectivity index is 2.67. The minimum atomic E-state index is -0.00569. The second kappa shape index (κ2) is 7.64. The van der Waals surface area contributed by atoms with E-state index in [-0.39, 0.29) is 11.8 Å².